The lowest BCUT2D eigenvalue weighted by molar-refractivity contribution is -0.134. The number of nitrogens with zero attached hydrogens (tertiary/aromatic N) is 3. The first kappa shape index (κ1) is 20.0. The minimum absolute atomic E-state index is 0.211. The summed E-state index contributed by atoms with van der Waals surface area (Å²) in [5.74, 6) is 0.563. The Balaban J connectivity index is 2.03. The van der Waals surface area contributed by atoms with Crippen LogP contribution in [0, 0.1) is 13.8 Å². The maximum Gasteiger partial charge on any atom is 0.341 e. The minimum atomic E-state index is -0.556. The lowest BCUT2D eigenvalue weighted by atomic mass is 10.2. The van der Waals surface area contributed by atoms with Gasteiger partial charge in [-0.3, -0.25) is 4.79 Å². The van der Waals surface area contributed by atoms with E-state index in [1.807, 2.05) is 27.7 Å². The van der Waals surface area contributed by atoms with E-state index in [1.54, 1.807) is 23.2 Å². The molecule has 0 aliphatic carbocycles. The van der Waals surface area contributed by atoms with Crippen LogP contribution in [-0.4, -0.2) is 46.6 Å². The van der Waals surface area contributed by atoms with Gasteiger partial charge in [-0.25, -0.2) is 9.78 Å². The topological polar surface area (TPSA) is 85.5 Å². The number of hydrogen-bond donors (Lipinski definition) is 0. The molecule has 0 saturated carbocycles. The number of thioether (sulfide) groups is 1. The predicted molar refractivity (Wildman–Crippen MR) is 98.0 cm³/mol. The quantitative estimate of drug-likeness (QED) is 0.516. The van der Waals surface area contributed by atoms with Crippen molar-refractivity contribution in [1.29, 1.82) is 0 Å². The summed E-state index contributed by atoms with van der Waals surface area (Å²) < 4.78 is 10.3. The van der Waals surface area contributed by atoms with E-state index in [4.69, 9.17) is 9.26 Å². The zero-order valence-corrected chi connectivity index (χ0v) is 16.3. The van der Waals surface area contributed by atoms with E-state index >= 15 is 0 Å². The molecular weight excluding hydrogens is 354 g/mol. The van der Waals surface area contributed by atoms with Gasteiger partial charge < -0.3 is 14.2 Å². The van der Waals surface area contributed by atoms with Crippen LogP contribution in [0.3, 0.4) is 0 Å². The molecule has 1 amide bonds. The number of pyridine rings is 1. The first-order chi connectivity index (χ1) is 12.5. The average Bonchev–Trinajstić information content (AvgIpc) is 2.97. The van der Waals surface area contributed by atoms with Gasteiger partial charge in [0.05, 0.1) is 11.3 Å². The van der Waals surface area contributed by atoms with Crippen LogP contribution in [0.15, 0.2) is 27.9 Å². The largest absolute Gasteiger partial charge is 0.452 e. The Bertz CT molecular complexity index is 752. The number of carbonyl (C=O) groups excluding carboxylic acids is 2. The van der Waals surface area contributed by atoms with E-state index in [9.17, 15) is 9.59 Å². The van der Waals surface area contributed by atoms with Gasteiger partial charge in [0.2, 0.25) is 0 Å². The number of carbonyl (C=O) groups is 2. The highest BCUT2D eigenvalue weighted by molar-refractivity contribution is 7.98. The molecule has 0 bridgehead atoms. The van der Waals surface area contributed by atoms with E-state index in [-0.39, 0.29) is 12.5 Å². The smallest absolute Gasteiger partial charge is 0.341 e. The molecule has 2 aromatic rings. The summed E-state index contributed by atoms with van der Waals surface area (Å²) in [5, 5.41) is 4.47. The van der Waals surface area contributed by atoms with Gasteiger partial charge in [-0.2, -0.15) is 0 Å². The van der Waals surface area contributed by atoms with Crippen molar-refractivity contribution in [3.8, 4) is 0 Å². The molecule has 0 N–H and O–H groups in total. The number of ether oxygens (including phenoxy) is 1. The molecule has 0 aliphatic rings. The second kappa shape index (κ2) is 9.38. The number of aryl methyl sites for hydroxylation is 2. The maximum atomic E-state index is 12.4. The minimum Gasteiger partial charge on any atom is -0.452 e. The molecule has 140 valence electrons. The van der Waals surface area contributed by atoms with Crippen molar-refractivity contribution < 1.29 is 18.8 Å². The molecule has 7 nitrogen and oxygen atoms in total. The Morgan fingerprint density at radius 3 is 2.62 bits per heavy atom. The molecule has 0 spiro atoms. The highest BCUT2D eigenvalue weighted by Crippen LogP contribution is 2.27. The van der Waals surface area contributed by atoms with E-state index in [2.05, 4.69) is 10.1 Å². The van der Waals surface area contributed by atoms with E-state index in [0.717, 1.165) is 17.0 Å². The number of amides is 1. The summed E-state index contributed by atoms with van der Waals surface area (Å²) in [6, 6.07) is 3.32. The van der Waals surface area contributed by atoms with Crippen LogP contribution in [0.2, 0.25) is 0 Å². The number of hydrogen-bond acceptors (Lipinski definition) is 7. The molecule has 0 atom stereocenters. The van der Waals surface area contributed by atoms with Crippen molar-refractivity contribution in [2.24, 2.45) is 0 Å². The number of rotatable bonds is 8. The van der Waals surface area contributed by atoms with Crippen LogP contribution in [0.4, 0.5) is 0 Å². The second-order valence-electron chi connectivity index (χ2n) is 5.59. The monoisotopic (exact) mass is 377 g/mol. The Morgan fingerprint density at radius 2 is 2.00 bits per heavy atom. The summed E-state index contributed by atoms with van der Waals surface area (Å²) in [4.78, 5) is 30.3. The summed E-state index contributed by atoms with van der Waals surface area (Å²) in [6.07, 6.45) is 1.62. The fourth-order valence-corrected chi connectivity index (χ4v) is 3.52. The molecule has 0 aliphatic heterocycles. The number of likely N-dealkylation sites (N-methyl/N-ethyl adjacent to an activating group) is 1. The normalized spacial score (nSPS) is 10.6. The Kier molecular flexibility index (Phi) is 7.20. The first-order valence-electron chi connectivity index (χ1n) is 8.42. The molecular formula is C18H23N3O4S. The van der Waals surface area contributed by atoms with Crippen LogP contribution >= 0.6 is 11.8 Å². The third-order valence-corrected chi connectivity index (χ3v) is 5.00. The second-order valence-corrected chi connectivity index (χ2v) is 6.55. The summed E-state index contributed by atoms with van der Waals surface area (Å²) in [5.41, 5.74) is 2.15. The predicted octanol–water partition coefficient (Wildman–Crippen LogP) is 3.00. The molecule has 2 rings (SSSR count). The summed E-state index contributed by atoms with van der Waals surface area (Å²) in [6.45, 7) is 8.38. The van der Waals surface area contributed by atoms with Crippen LogP contribution in [-0.2, 0) is 15.3 Å². The van der Waals surface area contributed by atoms with Gasteiger partial charge in [-0.15, -0.1) is 11.8 Å². The van der Waals surface area contributed by atoms with Crippen molar-refractivity contribution in [2.45, 2.75) is 38.5 Å². The Morgan fingerprint density at radius 1 is 1.27 bits per heavy atom. The van der Waals surface area contributed by atoms with Crippen molar-refractivity contribution in [3.05, 3.63) is 40.9 Å². The Labute approximate surface area is 157 Å². The highest BCUT2D eigenvalue weighted by atomic mass is 32.2. The van der Waals surface area contributed by atoms with Crippen LogP contribution in [0.1, 0.15) is 41.2 Å². The van der Waals surface area contributed by atoms with Gasteiger partial charge in [0.1, 0.15) is 10.8 Å². The fraction of sp³-hybridized carbons (Fsp3) is 0.444. The van der Waals surface area contributed by atoms with Crippen LogP contribution in [0.25, 0.3) is 0 Å². The molecule has 0 saturated heterocycles. The molecule has 0 unspecified atom stereocenters. The molecule has 0 aromatic carbocycles. The van der Waals surface area contributed by atoms with Crippen molar-refractivity contribution >= 4 is 23.6 Å². The molecule has 8 heteroatoms. The average molecular weight is 377 g/mol. The molecule has 2 heterocycles. The van der Waals surface area contributed by atoms with E-state index in [1.165, 1.54) is 11.8 Å². The van der Waals surface area contributed by atoms with Crippen LogP contribution in [0.5, 0.6) is 0 Å². The van der Waals surface area contributed by atoms with Gasteiger partial charge >= 0.3 is 5.97 Å². The number of esters is 1. The fourth-order valence-electron chi connectivity index (χ4n) is 2.38. The SMILES string of the molecule is CCN(CC)C(=O)COC(=O)c1cccnc1SCc1c(C)noc1C. The van der Waals surface area contributed by atoms with Gasteiger partial charge in [0, 0.05) is 30.6 Å². The maximum absolute atomic E-state index is 12.4. The first-order valence-corrected chi connectivity index (χ1v) is 9.40. The molecule has 2 aromatic heterocycles. The standard InChI is InChI=1S/C18H23N3O4S/c1-5-21(6-2)16(22)10-24-18(23)14-8-7-9-19-17(14)26-11-15-12(3)20-25-13(15)4/h7-9H,5-6,10-11H2,1-4H3. The lowest BCUT2D eigenvalue weighted by Crippen LogP contribution is -2.34. The van der Waals surface area contributed by atoms with Gasteiger partial charge in [0.25, 0.3) is 5.91 Å². The van der Waals surface area contributed by atoms with Gasteiger partial charge in [-0.1, -0.05) is 5.16 Å². The van der Waals surface area contributed by atoms with Crippen molar-refractivity contribution in [2.75, 3.05) is 19.7 Å². The third-order valence-electron chi connectivity index (χ3n) is 3.97. The van der Waals surface area contributed by atoms with Gasteiger partial charge in [0.15, 0.2) is 6.61 Å². The lowest BCUT2D eigenvalue weighted by Gasteiger charge is -2.18. The van der Waals surface area contributed by atoms with Crippen molar-refractivity contribution in [3.63, 3.8) is 0 Å². The zero-order chi connectivity index (χ0) is 19.1. The summed E-state index contributed by atoms with van der Waals surface area (Å²) >= 11 is 1.40. The van der Waals surface area contributed by atoms with Crippen molar-refractivity contribution in [1.82, 2.24) is 15.0 Å². The third kappa shape index (κ3) is 4.85. The molecule has 0 radical (unpaired) electrons. The molecule has 26 heavy (non-hydrogen) atoms. The van der Waals surface area contributed by atoms with E-state index < -0.39 is 5.97 Å². The Hall–Kier alpha value is -2.35. The zero-order valence-electron chi connectivity index (χ0n) is 15.4. The van der Waals surface area contributed by atoms with E-state index in [0.29, 0.717) is 29.4 Å². The highest BCUT2D eigenvalue weighted by Gasteiger charge is 2.18. The number of aromatic nitrogens is 2. The molecule has 0 fully saturated rings. The summed E-state index contributed by atoms with van der Waals surface area (Å²) in [7, 11) is 0. The van der Waals surface area contributed by atoms with Crippen LogP contribution < -0.4 is 0 Å². The van der Waals surface area contributed by atoms with Gasteiger partial charge in [-0.05, 0) is 39.8 Å².